The zero-order valence-electron chi connectivity index (χ0n) is 9.84. The molecule has 3 unspecified atom stereocenters. The van der Waals surface area contributed by atoms with Crippen LogP contribution >= 0.6 is 0 Å². The molecule has 0 nitrogen and oxygen atoms in total. The molecule has 3 atom stereocenters. The molecule has 1 fully saturated rings. The van der Waals surface area contributed by atoms with Crippen LogP contribution in [0.2, 0.25) is 0 Å². The Morgan fingerprint density at radius 1 is 1.23 bits per heavy atom. The van der Waals surface area contributed by atoms with Crippen molar-refractivity contribution in [3.63, 3.8) is 0 Å². The minimum Gasteiger partial charge on any atom is -0.0654 e. The Kier molecular flexibility index (Phi) is 4.28. The van der Waals surface area contributed by atoms with Gasteiger partial charge in [-0.15, -0.1) is 0 Å². The van der Waals surface area contributed by atoms with E-state index < -0.39 is 0 Å². The monoisotopic (exact) mass is 182 g/mol. The Morgan fingerprint density at radius 3 is 2.46 bits per heavy atom. The molecule has 0 aromatic rings. The fraction of sp³-hybridized carbons (Fsp3) is 1.00. The lowest BCUT2D eigenvalue weighted by molar-refractivity contribution is 0.229. The molecule has 0 radical (unpaired) electrons. The van der Waals surface area contributed by atoms with Gasteiger partial charge in [0.25, 0.3) is 0 Å². The van der Waals surface area contributed by atoms with Crippen molar-refractivity contribution in [2.75, 3.05) is 0 Å². The molecular weight excluding hydrogens is 156 g/mol. The third kappa shape index (κ3) is 2.72. The maximum absolute atomic E-state index is 2.45. The van der Waals surface area contributed by atoms with Gasteiger partial charge in [-0.25, -0.2) is 0 Å². The van der Waals surface area contributed by atoms with E-state index in [4.69, 9.17) is 0 Å². The second kappa shape index (κ2) is 5.02. The third-order valence-electron chi connectivity index (χ3n) is 3.89. The van der Waals surface area contributed by atoms with E-state index in [2.05, 4.69) is 27.7 Å². The lowest BCUT2D eigenvalue weighted by Gasteiger charge is -2.26. The summed E-state index contributed by atoms with van der Waals surface area (Å²) in [5.41, 5.74) is 0. The lowest BCUT2D eigenvalue weighted by atomic mass is 9.79. The van der Waals surface area contributed by atoms with Gasteiger partial charge in [-0.05, 0) is 30.1 Å². The largest absolute Gasteiger partial charge is 0.0654 e. The van der Waals surface area contributed by atoms with Gasteiger partial charge >= 0.3 is 0 Å². The van der Waals surface area contributed by atoms with E-state index in [-0.39, 0.29) is 0 Å². The Morgan fingerprint density at radius 2 is 1.92 bits per heavy atom. The predicted octanol–water partition coefficient (Wildman–Crippen LogP) is 4.49. The Labute approximate surface area is 84.1 Å². The average molecular weight is 182 g/mol. The highest BCUT2D eigenvalue weighted by molar-refractivity contribution is 4.84. The number of rotatable bonds is 4. The van der Waals surface area contributed by atoms with Gasteiger partial charge in [-0.2, -0.15) is 0 Å². The molecule has 0 aliphatic heterocycles. The van der Waals surface area contributed by atoms with Gasteiger partial charge in [0.05, 0.1) is 0 Å². The zero-order valence-corrected chi connectivity index (χ0v) is 9.84. The molecule has 0 aromatic heterocycles. The molecule has 0 heteroatoms. The summed E-state index contributed by atoms with van der Waals surface area (Å²) in [4.78, 5) is 0. The van der Waals surface area contributed by atoms with Crippen molar-refractivity contribution in [1.29, 1.82) is 0 Å². The Balaban J connectivity index is 2.44. The molecular formula is C13H26. The third-order valence-corrected chi connectivity index (χ3v) is 3.89. The van der Waals surface area contributed by atoms with Gasteiger partial charge in [-0.3, -0.25) is 0 Å². The van der Waals surface area contributed by atoms with Gasteiger partial charge in [0.2, 0.25) is 0 Å². The summed E-state index contributed by atoms with van der Waals surface area (Å²) in [6.45, 7) is 9.58. The topological polar surface area (TPSA) is 0 Å². The zero-order chi connectivity index (χ0) is 9.84. The van der Waals surface area contributed by atoms with Crippen LogP contribution in [-0.4, -0.2) is 0 Å². The molecule has 78 valence electrons. The van der Waals surface area contributed by atoms with Crippen LogP contribution in [-0.2, 0) is 0 Å². The van der Waals surface area contributed by atoms with E-state index in [0.717, 1.165) is 23.7 Å². The second-order valence-corrected chi connectivity index (χ2v) is 5.28. The first kappa shape index (κ1) is 11.1. The molecule has 1 rings (SSSR count). The smallest absolute Gasteiger partial charge is 0.0337 e. The number of hydrogen-bond donors (Lipinski definition) is 0. The SMILES string of the molecule is CCCCC1CCC(C)C1C(C)C. The van der Waals surface area contributed by atoms with Crippen molar-refractivity contribution in [3.8, 4) is 0 Å². The van der Waals surface area contributed by atoms with E-state index >= 15 is 0 Å². The van der Waals surface area contributed by atoms with Gasteiger partial charge in [-0.1, -0.05) is 53.4 Å². The normalized spacial score (nSPS) is 34.4. The maximum Gasteiger partial charge on any atom is -0.0337 e. The molecule has 0 N–H and O–H groups in total. The minimum absolute atomic E-state index is 0.902. The highest BCUT2D eigenvalue weighted by Crippen LogP contribution is 2.43. The van der Waals surface area contributed by atoms with Crippen molar-refractivity contribution in [2.24, 2.45) is 23.7 Å². The standard InChI is InChI=1S/C13H26/c1-5-6-7-12-9-8-11(4)13(12)10(2)3/h10-13H,5-9H2,1-4H3. The first-order chi connectivity index (χ1) is 6.16. The van der Waals surface area contributed by atoms with Crippen molar-refractivity contribution in [1.82, 2.24) is 0 Å². The first-order valence-corrected chi connectivity index (χ1v) is 6.16. The lowest BCUT2D eigenvalue weighted by Crippen LogP contribution is -2.19. The van der Waals surface area contributed by atoms with Crippen LogP contribution in [0.15, 0.2) is 0 Å². The molecule has 0 amide bonds. The first-order valence-electron chi connectivity index (χ1n) is 6.16. The quantitative estimate of drug-likeness (QED) is 0.600. The second-order valence-electron chi connectivity index (χ2n) is 5.28. The van der Waals surface area contributed by atoms with Crippen LogP contribution in [0.4, 0.5) is 0 Å². The number of unbranched alkanes of at least 4 members (excludes halogenated alkanes) is 1. The molecule has 0 spiro atoms. The van der Waals surface area contributed by atoms with Gasteiger partial charge in [0, 0.05) is 0 Å². The molecule has 1 aliphatic carbocycles. The van der Waals surface area contributed by atoms with E-state index in [1.165, 1.54) is 32.1 Å². The Hall–Kier alpha value is 0. The molecule has 0 aromatic carbocycles. The fourth-order valence-corrected chi connectivity index (χ4v) is 3.33. The van der Waals surface area contributed by atoms with Crippen molar-refractivity contribution in [3.05, 3.63) is 0 Å². The van der Waals surface area contributed by atoms with E-state index in [0.29, 0.717) is 0 Å². The molecule has 1 saturated carbocycles. The fourth-order valence-electron chi connectivity index (χ4n) is 3.33. The van der Waals surface area contributed by atoms with Crippen molar-refractivity contribution < 1.29 is 0 Å². The van der Waals surface area contributed by atoms with Crippen LogP contribution in [0.1, 0.15) is 59.8 Å². The summed E-state index contributed by atoms with van der Waals surface area (Å²) < 4.78 is 0. The van der Waals surface area contributed by atoms with Crippen molar-refractivity contribution in [2.45, 2.75) is 59.8 Å². The molecule has 0 saturated heterocycles. The Bertz CT molecular complexity index is 137. The summed E-state index contributed by atoms with van der Waals surface area (Å²) in [5.74, 6) is 3.96. The van der Waals surface area contributed by atoms with Gasteiger partial charge in [0.15, 0.2) is 0 Å². The molecule has 0 bridgehead atoms. The van der Waals surface area contributed by atoms with E-state index in [1.54, 1.807) is 0 Å². The summed E-state index contributed by atoms with van der Waals surface area (Å²) in [6, 6.07) is 0. The predicted molar refractivity (Wildman–Crippen MR) is 59.7 cm³/mol. The van der Waals surface area contributed by atoms with Crippen LogP contribution in [0.3, 0.4) is 0 Å². The summed E-state index contributed by atoms with van der Waals surface area (Å²) in [7, 11) is 0. The van der Waals surface area contributed by atoms with Crippen LogP contribution in [0, 0.1) is 23.7 Å². The average Bonchev–Trinajstić information content (AvgIpc) is 2.43. The van der Waals surface area contributed by atoms with E-state index in [1.807, 2.05) is 0 Å². The van der Waals surface area contributed by atoms with Crippen molar-refractivity contribution >= 4 is 0 Å². The highest BCUT2D eigenvalue weighted by atomic mass is 14.4. The van der Waals surface area contributed by atoms with Gasteiger partial charge in [0.1, 0.15) is 0 Å². The summed E-state index contributed by atoms with van der Waals surface area (Å²) in [5, 5.41) is 0. The van der Waals surface area contributed by atoms with E-state index in [9.17, 15) is 0 Å². The van der Waals surface area contributed by atoms with Crippen LogP contribution in [0.25, 0.3) is 0 Å². The highest BCUT2D eigenvalue weighted by Gasteiger charge is 2.34. The van der Waals surface area contributed by atoms with Crippen LogP contribution in [0.5, 0.6) is 0 Å². The molecule has 0 heterocycles. The number of hydrogen-bond acceptors (Lipinski definition) is 0. The van der Waals surface area contributed by atoms with Gasteiger partial charge < -0.3 is 0 Å². The summed E-state index contributed by atoms with van der Waals surface area (Å²) >= 11 is 0. The maximum atomic E-state index is 2.45. The molecule has 13 heavy (non-hydrogen) atoms. The minimum atomic E-state index is 0.902. The van der Waals surface area contributed by atoms with Crippen LogP contribution < -0.4 is 0 Å². The summed E-state index contributed by atoms with van der Waals surface area (Å²) in [6.07, 6.45) is 7.29. The molecule has 1 aliphatic rings.